The number of urea groups is 1. The highest BCUT2D eigenvalue weighted by Crippen LogP contribution is 1.94. The first-order valence-electron chi connectivity index (χ1n) is 4.78. The van der Waals surface area contributed by atoms with Crippen LogP contribution in [0.5, 0.6) is 0 Å². The Labute approximate surface area is 79.9 Å². The molecule has 0 saturated heterocycles. The van der Waals surface area contributed by atoms with Crippen LogP contribution in [0.2, 0.25) is 0 Å². The second-order valence-corrected chi connectivity index (χ2v) is 3.10. The first-order valence-corrected chi connectivity index (χ1v) is 4.78. The molecule has 0 heterocycles. The minimum absolute atomic E-state index is 0.0780. The third kappa shape index (κ3) is 5.47. The summed E-state index contributed by atoms with van der Waals surface area (Å²) in [5, 5.41) is 11.9. The number of hydrogen-bond donors (Lipinski definition) is 2. The lowest BCUT2D eigenvalue weighted by molar-refractivity contribution is 0.158. The van der Waals surface area contributed by atoms with Gasteiger partial charge in [0, 0.05) is 20.1 Å². The van der Waals surface area contributed by atoms with E-state index in [9.17, 15) is 9.90 Å². The molecule has 0 aliphatic rings. The Bertz CT molecular complexity index is 151. The molecule has 0 aliphatic carbocycles. The Hall–Kier alpha value is -0.770. The van der Waals surface area contributed by atoms with Crippen molar-refractivity contribution >= 4 is 6.03 Å². The van der Waals surface area contributed by atoms with E-state index in [0.29, 0.717) is 19.5 Å². The van der Waals surface area contributed by atoms with Crippen molar-refractivity contribution in [3.63, 3.8) is 0 Å². The molecule has 1 unspecified atom stereocenters. The number of amides is 2. The van der Waals surface area contributed by atoms with Crippen molar-refractivity contribution in [2.75, 3.05) is 20.1 Å². The van der Waals surface area contributed by atoms with E-state index in [2.05, 4.69) is 5.32 Å². The van der Waals surface area contributed by atoms with Crippen LogP contribution in [-0.4, -0.2) is 42.3 Å². The molecule has 2 N–H and O–H groups in total. The maximum absolute atomic E-state index is 11.2. The fourth-order valence-corrected chi connectivity index (χ4v) is 0.828. The van der Waals surface area contributed by atoms with E-state index in [1.165, 1.54) is 0 Å². The predicted octanol–water partition coefficient (Wildman–Crippen LogP) is 0.809. The van der Waals surface area contributed by atoms with E-state index in [1.54, 1.807) is 11.9 Å². The number of nitrogens with one attached hydrogen (secondary N) is 1. The van der Waals surface area contributed by atoms with E-state index in [-0.39, 0.29) is 12.1 Å². The number of carbonyl (C=O) groups excluding carboxylic acids is 1. The van der Waals surface area contributed by atoms with Crippen molar-refractivity contribution in [2.24, 2.45) is 0 Å². The largest absolute Gasteiger partial charge is 0.393 e. The zero-order valence-corrected chi connectivity index (χ0v) is 8.71. The minimum Gasteiger partial charge on any atom is -0.393 e. The smallest absolute Gasteiger partial charge is 0.317 e. The molecule has 4 nitrogen and oxygen atoms in total. The van der Waals surface area contributed by atoms with Crippen LogP contribution in [0.1, 0.15) is 26.7 Å². The molecule has 0 aliphatic heterocycles. The van der Waals surface area contributed by atoms with Crippen LogP contribution in [0.15, 0.2) is 0 Å². The number of aliphatic hydroxyl groups excluding tert-OH is 1. The summed E-state index contributed by atoms with van der Waals surface area (Å²) in [4.78, 5) is 12.8. The zero-order chi connectivity index (χ0) is 10.3. The standard InChI is InChI=1S/C9H20N2O2/c1-4-8(12)6-7-10-9(13)11(3)5-2/h8,12H,4-7H2,1-3H3,(H,10,13). The van der Waals surface area contributed by atoms with Crippen molar-refractivity contribution in [2.45, 2.75) is 32.8 Å². The zero-order valence-electron chi connectivity index (χ0n) is 8.71. The summed E-state index contributed by atoms with van der Waals surface area (Å²) in [5.41, 5.74) is 0. The lowest BCUT2D eigenvalue weighted by Crippen LogP contribution is -2.38. The van der Waals surface area contributed by atoms with Crippen LogP contribution >= 0.6 is 0 Å². The lowest BCUT2D eigenvalue weighted by atomic mass is 10.2. The second-order valence-electron chi connectivity index (χ2n) is 3.10. The quantitative estimate of drug-likeness (QED) is 0.670. The van der Waals surface area contributed by atoms with Gasteiger partial charge in [-0.3, -0.25) is 0 Å². The van der Waals surface area contributed by atoms with Gasteiger partial charge >= 0.3 is 6.03 Å². The van der Waals surface area contributed by atoms with Crippen molar-refractivity contribution < 1.29 is 9.90 Å². The average molecular weight is 188 g/mol. The van der Waals surface area contributed by atoms with Gasteiger partial charge in [0.05, 0.1) is 6.10 Å². The third-order valence-corrected chi connectivity index (χ3v) is 2.05. The van der Waals surface area contributed by atoms with Gasteiger partial charge in [-0.2, -0.15) is 0 Å². The fourth-order valence-electron chi connectivity index (χ4n) is 0.828. The van der Waals surface area contributed by atoms with Crippen LogP contribution in [0.4, 0.5) is 4.79 Å². The molecule has 0 radical (unpaired) electrons. The molecule has 0 bridgehead atoms. The molecule has 0 aromatic carbocycles. The van der Waals surface area contributed by atoms with Gasteiger partial charge in [-0.25, -0.2) is 4.79 Å². The van der Waals surface area contributed by atoms with Crippen molar-refractivity contribution in [3.8, 4) is 0 Å². The lowest BCUT2D eigenvalue weighted by Gasteiger charge is -2.16. The summed E-state index contributed by atoms with van der Waals surface area (Å²) in [5.74, 6) is 0. The molecule has 78 valence electrons. The summed E-state index contributed by atoms with van der Waals surface area (Å²) in [6.45, 7) is 5.07. The van der Waals surface area contributed by atoms with E-state index < -0.39 is 0 Å². The Kier molecular flexibility index (Phi) is 6.32. The van der Waals surface area contributed by atoms with Gasteiger partial charge in [-0.15, -0.1) is 0 Å². The highest BCUT2D eigenvalue weighted by Gasteiger charge is 2.05. The van der Waals surface area contributed by atoms with Gasteiger partial charge in [0.1, 0.15) is 0 Å². The topological polar surface area (TPSA) is 52.6 Å². The second kappa shape index (κ2) is 6.71. The van der Waals surface area contributed by atoms with Crippen LogP contribution < -0.4 is 5.32 Å². The van der Waals surface area contributed by atoms with Crippen molar-refractivity contribution in [1.29, 1.82) is 0 Å². The van der Waals surface area contributed by atoms with Crippen LogP contribution in [-0.2, 0) is 0 Å². The SMILES string of the molecule is CCC(O)CCNC(=O)N(C)CC. The van der Waals surface area contributed by atoms with E-state index >= 15 is 0 Å². The molecule has 0 spiro atoms. The highest BCUT2D eigenvalue weighted by molar-refractivity contribution is 5.73. The number of carbonyl (C=O) groups is 1. The summed E-state index contributed by atoms with van der Waals surface area (Å²) in [7, 11) is 1.74. The van der Waals surface area contributed by atoms with Gasteiger partial charge in [0.2, 0.25) is 0 Å². The summed E-state index contributed by atoms with van der Waals surface area (Å²) in [6.07, 6.45) is 1.06. The molecule has 4 heteroatoms. The molecule has 0 aromatic rings. The number of hydrogen-bond acceptors (Lipinski definition) is 2. The number of nitrogens with zero attached hydrogens (tertiary/aromatic N) is 1. The van der Waals surface area contributed by atoms with Gasteiger partial charge in [0.25, 0.3) is 0 Å². The number of aliphatic hydroxyl groups is 1. The number of rotatable bonds is 5. The maximum Gasteiger partial charge on any atom is 0.317 e. The Balaban J connectivity index is 3.47. The van der Waals surface area contributed by atoms with E-state index in [1.807, 2.05) is 13.8 Å². The molecule has 0 fully saturated rings. The van der Waals surface area contributed by atoms with E-state index in [0.717, 1.165) is 6.42 Å². The highest BCUT2D eigenvalue weighted by atomic mass is 16.3. The summed E-state index contributed by atoms with van der Waals surface area (Å²) in [6, 6.07) is -0.0780. The first kappa shape index (κ1) is 12.2. The van der Waals surface area contributed by atoms with Crippen molar-refractivity contribution in [1.82, 2.24) is 10.2 Å². The third-order valence-electron chi connectivity index (χ3n) is 2.05. The molecular formula is C9H20N2O2. The fraction of sp³-hybridized carbons (Fsp3) is 0.889. The molecule has 13 heavy (non-hydrogen) atoms. The molecule has 0 rings (SSSR count). The molecule has 0 saturated carbocycles. The summed E-state index contributed by atoms with van der Waals surface area (Å²) >= 11 is 0. The minimum atomic E-state index is -0.299. The van der Waals surface area contributed by atoms with Crippen LogP contribution in [0.25, 0.3) is 0 Å². The summed E-state index contributed by atoms with van der Waals surface area (Å²) < 4.78 is 0. The molecule has 0 aromatic heterocycles. The molecule has 1 atom stereocenters. The predicted molar refractivity (Wildman–Crippen MR) is 52.6 cm³/mol. The molecule has 2 amide bonds. The Morgan fingerprint density at radius 3 is 2.62 bits per heavy atom. The normalized spacial score (nSPS) is 12.3. The monoisotopic (exact) mass is 188 g/mol. The van der Waals surface area contributed by atoms with Gasteiger partial charge < -0.3 is 15.3 Å². The van der Waals surface area contributed by atoms with Gasteiger partial charge in [0.15, 0.2) is 0 Å². The Morgan fingerprint density at radius 2 is 2.15 bits per heavy atom. The average Bonchev–Trinajstić information content (AvgIpc) is 2.15. The maximum atomic E-state index is 11.2. The Morgan fingerprint density at radius 1 is 1.54 bits per heavy atom. The van der Waals surface area contributed by atoms with E-state index in [4.69, 9.17) is 0 Å². The first-order chi connectivity index (χ1) is 6.11. The van der Waals surface area contributed by atoms with Gasteiger partial charge in [-0.05, 0) is 19.8 Å². The molecular weight excluding hydrogens is 168 g/mol. The van der Waals surface area contributed by atoms with Crippen LogP contribution in [0, 0.1) is 0 Å². The van der Waals surface area contributed by atoms with Crippen LogP contribution in [0.3, 0.4) is 0 Å². The van der Waals surface area contributed by atoms with Gasteiger partial charge in [-0.1, -0.05) is 6.92 Å². The van der Waals surface area contributed by atoms with Crippen molar-refractivity contribution in [3.05, 3.63) is 0 Å².